The van der Waals surface area contributed by atoms with Gasteiger partial charge in [-0.2, -0.15) is 0 Å². The van der Waals surface area contributed by atoms with Crippen LogP contribution in [-0.4, -0.2) is 10.9 Å². The van der Waals surface area contributed by atoms with Gasteiger partial charge in [-0.05, 0) is 38.1 Å². The van der Waals surface area contributed by atoms with Crippen molar-refractivity contribution in [2.24, 2.45) is 0 Å². The first kappa shape index (κ1) is 12.7. The third-order valence-corrected chi connectivity index (χ3v) is 3.83. The number of hydrogen-bond acceptors (Lipinski definition) is 5. The standard InChI is InChI=1S/C14H12N2O3S/c1-8-9(2)20-14(15-8)16-13(17)12-6-5-11(19-12)10-4-3-7-18-10/h3-7H,1-2H3,(H,15,16,17). The average Bonchev–Trinajstić information content (AvgIpc) is 3.12. The van der Waals surface area contributed by atoms with E-state index in [1.54, 1.807) is 30.5 Å². The summed E-state index contributed by atoms with van der Waals surface area (Å²) < 4.78 is 10.7. The second-order valence-corrected chi connectivity index (χ2v) is 5.46. The number of aromatic nitrogens is 1. The molecule has 3 heterocycles. The number of carbonyl (C=O) groups excluding carboxylic acids is 1. The second kappa shape index (κ2) is 4.97. The third-order valence-electron chi connectivity index (χ3n) is 2.84. The van der Waals surface area contributed by atoms with Crippen LogP contribution < -0.4 is 5.32 Å². The van der Waals surface area contributed by atoms with Gasteiger partial charge in [0.1, 0.15) is 0 Å². The fourth-order valence-corrected chi connectivity index (χ4v) is 2.51. The van der Waals surface area contributed by atoms with Crippen LogP contribution in [0, 0.1) is 13.8 Å². The van der Waals surface area contributed by atoms with Crippen LogP contribution in [0.1, 0.15) is 21.1 Å². The predicted octanol–water partition coefficient (Wildman–Crippen LogP) is 3.87. The van der Waals surface area contributed by atoms with Crippen LogP contribution in [0.3, 0.4) is 0 Å². The Morgan fingerprint density at radius 1 is 1.25 bits per heavy atom. The van der Waals surface area contributed by atoms with E-state index < -0.39 is 0 Å². The highest BCUT2D eigenvalue weighted by Crippen LogP contribution is 2.24. The molecular weight excluding hydrogens is 276 g/mol. The van der Waals surface area contributed by atoms with Crippen molar-refractivity contribution in [2.75, 3.05) is 5.32 Å². The summed E-state index contributed by atoms with van der Waals surface area (Å²) >= 11 is 1.44. The summed E-state index contributed by atoms with van der Waals surface area (Å²) in [4.78, 5) is 17.4. The highest BCUT2D eigenvalue weighted by molar-refractivity contribution is 7.15. The van der Waals surface area contributed by atoms with E-state index in [0.717, 1.165) is 10.6 Å². The van der Waals surface area contributed by atoms with Crippen LogP contribution >= 0.6 is 11.3 Å². The Hall–Kier alpha value is -2.34. The van der Waals surface area contributed by atoms with Crippen molar-refractivity contribution >= 4 is 22.4 Å². The van der Waals surface area contributed by atoms with Crippen molar-refractivity contribution in [1.29, 1.82) is 0 Å². The molecule has 0 radical (unpaired) electrons. The van der Waals surface area contributed by atoms with Crippen molar-refractivity contribution < 1.29 is 13.6 Å². The smallest absolute Gasteiger partial charge is 0.293 e. The molecular formula is C14H12N2O3S. The first-order valence-electron chi connectivity index (χ1n) is 6.02. The van der Waals surface area contributed by atoms with Crippen LogP contribution in [0.5, 0.6) is 0 Å². The molecule has 0 bridgehead atoms. The van der Waals surface area contributed by atoms with Crippen LogP contribution in [0.15, 0.2) is 39.4 Å². The van der Waals surface area contributed by atoms with Crippen molar-refractivity contribution in [1.82, 2.24) is 4.98 Å². The molecule has 1 amide bonds. The highest BCUT2D eigenvalue weighted by atomic mass is 32.1. The highest BCUT2D eigenvalue weighted by Gasteiger charge is 2.15. The molecule has 0 saturated heterocycles. The molecule has 0 aliphatic heterocycles. The maximum absolute atomic E-state index is 12.0. The lowest BCUT2D eigenvalue weighted by Crippen LogP contribution is -2.10. The van der Waals surface area contributed by atoms with E-state index in [2.05, 4.69) is 10.3 Å². The van der Waals surface area contributed by atoms with Crippen LogP contribution in [0.25, 0.3) is 11.5 Å². The number of rotatable bonds is 3. The maximum atomic E-state index is 12.0. The molecule has 0 unspecified atom stereocenters. The van der Waals surface area contributed by atoms with Gasteiger partial charge in [-0.1, -0.05) is 0 Å². The predicted molar refractivity (Wildman–Crippen MR) is 76.0 cm³/mol. The molecule has 0 saturated carbocycles. The van der Waals surface area contributed by atoms with Gasteiger partial charge in [0.2, 0.25) is 0 Å². The van der Waals surface area contributed by atoms with E-state index in [-0.39, 0.29) is 11.7 Å². The lowest BCUT2D eigenvalue weighted by atomic mass is 10.3. The Kier molecular flexibility index (Phi) is 3.15. The monoisotopic (exact) mass is 288 g/mol. The molecule has 102 valence electrons. The number of nitrogens with one attached hydrogen (secondary N) is 1. The zero-order valence-corrected chi connectivity index (χ0v) is 11.8. The van der Waals surface area contributed by atoms with E-state index in [9.17, 15) is 4.79 Å². The molecule has 0 spiro atoms. The second-order valence-electron chi connectivity index (χ2n) is 4.26. The van der Waals surface area contributed by atoms with Crippen molar-refractivity contribution in [2.45, 2.75) is 13.8 Å². The summed E-state index contributed by atoms with van der Waals surface area (Å²) in [6.07, 6.45) is 1.55. The minimum Gasteiger partial charge on any atom is -0.461 e. The normalized spacial score (nSPS) is 10.7. The number of carbonyl (C=O) groups is 1. The first-order valence-corrected chi connectivity index (χ1v) is 6.84. The number of aryl methyl sites for hydroxylation is 2. The fraction of sp³-hybridized carbons (Fsp3) is 0.143. The summed E-state index contributed by atoms with van der Waals surface area (Å²) in [5.74, 6) is 1.01. The molecule has 1 N–H and O–H groups in total. The van der Waals surface area contributed by atoms with Crippen LogP contribution in [-0.2, 0) is 0 Å². The maximum Gasteiger partial charge on any atom is 0.293 e. The fourth-order valence-electron chi connectivity index (χ4n) is 1.70. The van der Waals surface area contributed by atoms with Gasteiger partial charge in [-0.25, -0.2) is 4.98 Å². The Morgan fingerprint density at radius 3 is 2.75 bits per heavy atom. The van der Waals surface area contributed by atoms with E-state index >= 15 is 0 Å². The average molecular weight is 288 g/mol. The Bertz CT molecular complexity index is 721. The van der Waals surface area contributed by atoms with E-state index in [0.29, 0.717) is 16.7 Å². The Labute approximate surface area is 119 Å². The van der Waals surface area contributed by atoms with Gasteiger partial charge in [0.15, 0.2) is 22.4 Å². The molecule has 3 aromatic rings. The van der Waals surface area contributed by atoms with Gasteiger partial charge in [-0.3, -0.25) is 10.1 Å². The van der Waals surface area contributed by atoms with Gasteiger partial charge in [0.05, 0.1) is 12.0 Å². The van der Waals surface area contributed by atoms with Gasteiger partial charge >= 0.3 is 0 Å². The molecule has 5 nitrogen and oxygen atoms in total. The van der Waals surface area contributed by atoms with Crippen molar-refractivity contribution in [3.05, 3.63) is 46.9 Å². The van der Waals surface area contributed by atoms with E-state index in [1.807, 2.05) is 13.8 Å². The molecule has 0 aliphatic carbocycles. The summed E-state index contributed by atoms with van der Waals surface area (Å²) in [6, 6.07) is 6.85. The minimum atomic E-state index is -0.323. The largest absolute Gasteiger partial charge is 0.461 e. The van der Waals surface area contributed by atoms with E-state index in [1.165, 1.54) is 11.3 Å². The Morgan fingerprint density at radius 2 is 2.10 bits per heavy atom. The summed E-state index contributed by atoms with van der Waals surface area (Å²) in [5, 5.41) is 3.29. The lowest BCUT2D eigenvalue weighted by Gasteiger charge is -1.97. The number of furan rings is 2. The summed E-state index contributed by atoms with van der Waals surface area (Å²) in [6.45, 7) is 3.87. The van der Waals surface area contributed by atoms with Gasteiger partial charge in [0, 0.05) is 4.88 Å². The quantitative estimate of drug-likeness (QED) is 0.794. The first-order chi connectivity index (χ1) is 9.63. The summed E-state index contributed by atoms with van der Waals surface area (Å²) in [5.41, 5.74) is 0.918. The molecule has 0 aliphatic rings. The van der Waals surface area contributed by atoms with Crippen molar-refractivity contribution in [3.63, 3.8) is 0 Å². The third kappa shape index (κ3) is 2.37. The number of thiazole rings is 1. The zero-order valence-electron chi connectivity index (χ0n) is 11.0. The molecule has 6 heteroatoms. The Balaban J connectivity index is 1.77. The van der Waals surface area contributed by atoms with E-state index in [4.69, 9.17) is 8.83 Å². The van der Waals surface area contributed by atoms with Crippen molar-refractivity contribution in [3.8, 4) is 11.5 Å². The molecule has 3 rings (SSSR count). The molecule has 0 aromatic carbocycles. The molecule has 3 aromatic heterocycles. The number of nitrogens with zero attached hydrogens (tertiary/aromatic N) is 1. The SMILES string of the molecule is Cc1nc(NC(=O)c2ccc(-c3ccco3)o2)sc1C. The number of amides is 1. The summed E-state index contributed by atoms with van der Waals surface area (Å²) in [7, 11) is 0. The van der Waals surface area contributed by atoms with Gasteiger partial charge in [-0.15, -0.1) is 11.3 Å². The van der Waals surface area contributed by atoms with Gasteiger partial charge < -0.3 is 8.83 Å². The van der Waals surface area contributed by atoms with Crippen LogP contribution in [0.2, 0.25) is 0 Å². The number of anilines is 1. The lowest BCUT2D eigenvalue weighted by molar-refractivity contribution is 0.0997. The number of hydrogen-bond donors (Lipinski definition) is 1. The minimum absolute atomic E-state index is 0.224. The zero-order chi connectivity index (χ0) is 14.1. The van der Waals surface area contributed by atoms with Gasteiger partial charge in [0.25, 0.3) is 5.91 Å². The topological polar surface area (TPSA) is 68.3 Å². The molecule has 0 fully saturated rings. The van der Waals surface area contributed by atoms with Crippen LogP contribution in [0.4, 0.5) is 5.13 Å². The molecule has 0 atom stereocenters. The molecule has 20 heavy (non-hydrogen) atoms.